The molecule has 0 fully saturated rings. The molecule has 1 aromatic heterocycles. The van der Waals surface area contributed by atoms with Crippen LogP contribution in [0.3, 0.4) is 0 Å². The van der Waals surface area contributed by atoms with Crippen LogP contribution in [0.5, 0.6) is 5.75 Å². The highest BCUT2D eigenvalue weighted by atomic mass is 19.4. The lowest BCUT2D eigenvalue weighted by atomic mass is 9.99. The smallest absolute Gasteiger partial charge is 0.416 e. The molecular weight excluding hydrogens is 488 g/mol. The summed E-state index contributed by atoms with van der Waals surface area (Å²) in [5, 5.41) is 9.23. The monoisotopic (exact) mass is 507 g/mol. The number of ether oxygens (including phenoxy) is 1. The minimum atomic E-state index is -4.98. The molecule has 188 valence electrons. The molecule has 0 unspecified atom stereocenters. The number of pyridine rings is 1. The van der Waals surface area contributed by atoms with Crippen LogP contribution in [0, 0.1) is 0 Å². The van der Waals surface area contributed by atoms with Crippen LogP contribution in [0.15, 0.2) is 60.7 Å². The number of aromatic carboxylic acids is 1. The van der Waals surface area contributed by atoms with E-state index in [1.807, 2.05) is 0 Å². The minimum absolute atomic E-state index is 0.0830. The summed E-state index contributed by atoms with van der Waals surface area (Å²) >= 11 is 0. The van der Waals surface area contributed by atoms with E-state index in [9.17, 15) is 36.2 Å². The summed E-state index contributed by atoms with van der Waals surface area (Å²) in [6, 6.07) is 12.8. The van der Waals surface area contributed by atoms with Gasteiger partial charge in [-0.1, -0.05) is 24.3 Å². The van der Waals surface area contributed by atoms with E-state index in [1.54, 1.807) is 36.4 Å². The first kappa shape index (κ1) is 25.3. The van der Waals surface area contributed by atoms with E-state index >= 15 is 0 Å². The number of nitrogens with zero attached hydrogens (tertiary/aromatic N) is 1. The van der Waals surface area contributed by atoms with Crippen molar-refractivity contribution in [1.29, 1.82) is 0 Å². The molecule has 1 N–H and O–H groups in total. The molecule has 0 radical (unpaired) electrons. The minimum Gasteiger partial charge on any atom is -0.489 e. The van der Waals surface area contributed by atoms with Gasteiger partial charge in [0.15, 0.2) is 0 Å². The van der Waals surface area contributed by atoms with E-state index in [0.717, 1.165) is 29.2 Å². The largest absolute Gasteiger partial charge is 0.489 e. The Labute approximate surface area is 201 Å². The second-order valence-electron chi connectivity index (χ2n) is 8.21. The maximum Gasteiger partial charge on any atom is 0.416 e. The Hall–Kier alpha value is -3.82. The third-order valence-electron chi connectivity index (χ3n) is 5.81. The lowest BCUT2D eigenvalue weighted by molar-refractivity contribution is -0.143. The molecule has 36 heavy (non-hydrogen) atoms. The van der Waals surface area contributed by atoms with Crippen molar-refractivity contribution in [3.63, 3.8) is 0 Å². The van der Waals surface area contributed by atoms with E-state index in [4.69, 9.17) is 4.74 Å². The van der Waals surface area contributed by atoms with Crippen LogP contribution in [-0.2, 0) is 19.0 Å². The quantitative estimate of drug-likeness (QED) is 0.351. The number of hydrogen-bond acceptors (Lipinski definition) is 3. The third-order valence-corrected chi connectivity index (χ3v) is 5.81. The maximum absolute atomic E-state index is 13.4. The topological polar surface area (TPSA) is 59.4 Å². The summed E-state index contributed by atoms with van der Waals surface area (Å²) in [7, 11) is 0. The summed E-state index contributed by atoms with van der Waals surface area (Å²) in [5.74, 6) is -0.902. The number of carboxylic acid groups (broad SMARTS) is 1. The average molecular weight is 507 g/mol. The molecule has 0 saturated heterocycles. The first-order valence-corrected chi connectivity index (χ1v) is 10.9. The fourth-order valence-electron chi connectivity index (χ4n) is 4.14. The number of carboxylic acids is 1. The Morgan fingerprint density at radius 1 is 0.889 bits per heavy atom. The van der Waals surface area contributed by atoms with Gasteiger partial charge in [-0.15, -0.1) is 0 Å². The molecule has 4 rings (SSSR count). The molecule has 10 heteroatoms. The van der Waals surface area contributed by atoms with Gasteiger partial charge in [0.25, 0.3) is 0 Å². The Morgan fingerprint density at radius 3 is 2.31 bits per heavy atom. The fraction of sp³-hybridized carbons (Fsp3) is 0.231. The second kappa shape index (κ2) is 9.67. The van der Waals surface area contributed by atoms with Gasteiger partial charge >= 0.3 is 18.3 Å². The van der Waals surface area contributed by atoms with Crippen molar-refractivity contribution in [2.24, 2.45) is 0 Å². The maximum atomic E-state index is 13.4. The summed E-state index contributed by atoms with van der Waals surface area (Å²) in [5.41, 5.74) is -0.227. The van der Waals surface area contributed by atoms with Gasteiger partial charge < -0.3 is 9.84 Å². The van der Waals surface area contributed by atoms with Crippen LogP contribution in [0.25, 0.3) is 11.1 Å². The van der Waals surface area contributed by atoms with Gasteiger partial charge in [0.2, 0.25) is 0 Å². The molecule has 1 aliphatic carbocycles. The van der Waals surface area contributed by atoms with Gasteiger partial charge in [0.05, 0.1) is 16.8 Å². The Bertz CT molecular complexity index is 1330. The highest BCUT2D eigenvalue weighted by molar-refractivity contribution is 5.93. The van der Waals surface area contributed by atoms with Crippen molar-refractivity contribution in [3.8, 4) is 5.75 Å². The molecule has 2 aromatic carbocycles. The van der Waals surface area contributed by atoms with Crippen molar-refractivity contribution in [2.75, 3.05) is 0 Å². The number of alkyl halides is 6. The van der Waals surface area contributed by atoms with Gasteiger partial charge in [-0.2, -0.15) is 26.3 Å². The zero-order valence-corrected chi connectivity index (χ0v) is 18.6. The number of aromatic nitrogens is 1. The van der Waals surface area contributed by atoms with Crippen molar-refractivity contribution in [1.82, 2.24) is 4.98 Å². The second-order valence-corrected chi connectivity index (χ2v) is 8.21. The lowest BCUT2D eigenvalue weighted by Gasteiger charge is -2.17. The zero-order chi connectivity index (χ0) is 26.1. The van der Waals surface area contributed by atoms with Crippen LogP contribution < -0.4 is 4.74 Å². The molecule has 1 aliphatic rings. The Balaban J connectivity index is 1.61. The standard InChI is InChI=1S/C26H19F6NO3/c27-25(28,29)17-11-10-16(21(13-17)26(30,31)32)14-36-18-5-1-4-15(12-18)19-6-2-7-20(19)22-8-3-9-23(33-22)24(34)35/h1,3-5,8-13H,2,6-7,14H2,(H,34,35). The molecule has 0 aliphatic heterocycles. The van der Waals surface area contributed by atoms with Crippen molar-refractivity contribution >= 4 is 17.1 Å². The van der Waals surface area contributed by atoms with E-state index < -0.39 is 41.6 Å². The Morgan fingerprint density at radius 2 is 1.61 bits per heavy atom. The molecule has 4 nitrogen and oxygen atoms in total. The highest BCUT2D eigenvalue weighted by Crippen LogP contribution is 2.41. The number of halogens is 6. The molecule has 0 amide bonds. The van der Waals surface area contributed by atoms with Crippen LogP contribution >= 0.6 is 0 Å². The van der Waals surface area contributed by atoms with E-state index in [2.05, 4.69) is 4.98 Å². The van der Waals surface area contributed by atoms with Gasteiger partial charge in [-0.25, -0.2) is 9.78 Å². The third kappa shape index (κ3) is 5.53. The number of allylic oxidation sites excluding steroid dienone is 2. The normalized spacial score (nSPS) is 14.3. The van der Waals surface area contributed by atoms with Crippen LogP contribution in [0.1, 0.15) is 57.7 Å². The number of hydrogen-bond donors (Lipinski definition) is 1. The molecule has 0 atom stereocenters. The molecule has 0 bridgehead atoms. The summed E-state index contributed by atoms with van der Waals surface area (Å²) in [6.45, 7) is -0.579. The van der Waals surface area contributed by atoms with Gasteiger partial charge in [0, 0.05) is 5.56 Å². The molecule has 0 spiro atoms. The fourth-order valence-corrected chi connectivity index (χ4v) is 4.14. The predicted molar refractivity (Wildman–Crippen MR) is 119 cm³/mol. The first-order chi connectivity index (χ1) is 16.9. The number of rotatable bonds is 6. The average Bonchev–Trinajstić information content (AvgIpc) is 3.32. The van der Waals surface area contributed by atoms with Crippen LogP contribution in [-0.4, -0.2) is 16.1 Å². The van der Waals surface area contributed by atoms with E-state index in [0.29, 0.717) is 24.6 Å². The van der Waals surface area contributed by atoms with Crippen molar-refractivity contribution < 1.29 is 41.0 Å². The molecular formula is C26H19F6NO3. The number of carbonyl (C=O) groups is 1. The van der Waals surface area contributed by atoms with Crippen LogP contribution in [0.4, 0.5) is 26.3 Å². The van der Waals surface area contributed by atoms with E-state index in [1.165, 1.54) is 6.07 Å². The first-order valence-electron chi connectivity index (χ1n) is 10.9. The van der Waals surface area contributed by atoms with Gasteiger partial charge in [0.1, 0.15) is 18.1 Å². The lowest BCUT2D eigenvalue weighted by Crippen LogP contribution is -2.14. The van der Waals surface area contributed by atoms with E-state index in [-0.39, 0.29) is 17.5 Å². The SMILES string of the molecule is O=C(O)c1cccc(C2=C(c3cccc(OCc4ccc(C(F)(F)F)cc4C(F)(F)F)c3)CCC2)n1. The Kier molecular flexibility index (Phi) is 6.79. The van der Waals surface area contributed by atoms with Gasteiger partial charge in [-0.05, 0) is 72.4 Å². The van der Waals surface area contributed by atoms with Crippen molar-refractivity contribution in [2.45, 2.75) is 38.2 Å². The van der Waals surface area contributed by atoms with Crippen LogP contribution in [0.2, 0.25) is 0 Å². The molecule has 1 heterocycles. The molecule has 0 saturated carbocycles. The highest BCUT2D eigenvalue weighted by Gasteiger charge is 2.38. The van der Waals surface area contributed by atoms with Gasteiger partial charge in [-0.3, -0.25) is 0 Å². The van der Waals surface area contributed by atoms with Crippen molar-refractivity contribution in [3.05, 3.63) is 94.3 Å². The number of benzene rings is 2. The zero-order valence-electron chi connectivity index (χ0n) is 18.6. The molecule has 3 aromatic rings. The summed E-state index contributed by atoms with van der Waals surface area (Å²) in [4.78, 5) is 15.5. The predicted octanol–water partition coefficient (Wildman–Crippen LogP) is 7.49. The summed E-state index contributed by atoms with van der Waals surface area (Å²) < 4.78 is 84.5. The summed E-state index contributed by atoms with van der Waals surface area (Å²) in [6.07, 6.45) is -7.71.